The first-order valence-corrected chi connectivity index (χ1v) is 9.01. The number of imidazole rings is 1. The fourth-order valence-corrected chi connectivity index (χ4v) is 3.62. The zero-order valence-corrected chi connectivity index (χ0v) is 14.7. The van der Waals surface area contributed by atoms with Crippen LogP contribution in [0.25, 0.3) is 16.2 Å². The Morgan fingerprint density at radius 1 is 1.21 bits per heavy atom. The van der Waals surface area contributed by atoms with E-state index in [2.05, 4.69) is 56.8 Å². The van der Waals surface area contributed by atoms with E-state index in [0.29, 0.717) is 0 Å². The van der Waals surface area contributed by atoms with Gasteiger partial charge >= 0.3 is 0 Å². The molecule has 0 spiro atoms. The molecule has 0 radical (unpaired) electrons. The summed E-state index contributed by atoms with van der Waals surface area (Å²) in [5, 5.41) is 12.4. The molecule has 0 saturated carbocycles. The molecule has 0 atom stereocenters. The highest BCUT2D eigenvalue weighted by Crippen LogP contribution is 2.25. The number of rotatable bonds is 4. The lowest BCUT2D eigenvalue weighted by Gasteiger charge is -1.97. The van der Waals surface area contributed by atoms with E-state index in [9.17, 15) is 0 Å². The molecule has 4 aromatic rings. The first-order valence-electron chi connectivity index (χ1n) is 7.32. The van der Waals surface area contributed by atoms with Crippen LogP contribution in [0.5, 0.6) is 0 Å². The average Bonchev–Trinajstić information content (AvgIpc) is 3.25. The molecule has 0 bridgehead atoms. The van der Waals surface area contributed by atoms with E-state index < -0.39 is 0 Å². The van der Waals surface area contributed by atoms with Crippen LogP contribution in [0, 0.1) is 13.8 Å². The lowest BCUT2D eigenvalue weighted by atomic mass is 10.1. The van der Waals surface area contributed by atoms with E-state index in [1.807, 2.05) is 12.3 Å². The smallest absolute Gasteiger partial charge is 0.212 e. The number of hydrogen-bond acceptors (Lipinski definition) is 7. The van der Waals surface area contributed by atoms with Crippen LogP contribution in [0.15, 0.2) is 40.9 Å². The van der Waals surface area contributed by atoms with Gasteiger partial charge in [-0.2, -0.15) is 10.2 Å². The van der Waals surface area contributed by atoms with Gasteiger partial charge in [-0.3, -0.25) is 5.43 Å². The molecule has 1 aromatic carbocycles. The molecule has 1 N–H and O–H groups in total. The molecule has 0 amide bonds. The third-order valence-corrected chi connectivity index (χ3v) is 5.01. The summed E-state index contributed by atoms with van der Waals surface area (Å²) in [5.74, 6) is 0. The van der Waals surface area contributed by atoms with E-state index in [4.69, 9.17) is 0 Å². The van der Waals surface area contributed by atoms with Crippen molar-refractivity contribution >= 4 is 39.0 Å². The third-order valence-electron chi connectivity index (χ3n) is 3.42. The summed E-state index contributed by atoms with van der Waals surface area (Å²) < 4.78 is 1.78. The zero-order valence-electron chi connectivity index (χ0n) is 13.1. The van der Waals surface area contributed by atoms with Crippen LogP contribution >= 0.6 is 22.7 Å². The van der Waals surface area contributed by atoms with Crippen LogP contribution in [0.4, 0.5) is 5.13 Å². The van der Waals surface area contributed by atoms with Crippen LogP contribution in [-0.4, -0.2) is 25.8 Å². The van der Waals surface area contributed by atoms with E-state index in [0.717, 1.165) is 32.1 Å². The highest BCUT2D eigenvalue weighted by atomic mass is 32.1. The topological polar surface area (TPSA) is 67.5 Å². The summed E-state index contributed by atoms with van der Waals surface area (Å²) in [7, 11) is 0. The second kappa shape index (κ2) is 6.14. The maximum atomic E-state index is 4.55. The third kappa shape index (κ3) is 2.93. The number of thiazole rings is 1. The van der Waals surface area contributed by atoms with Crippen molar-refractivity contribution in [1.82, 2.24) is 19.6 Å². The summed E-state index contributed by atoms with van der Waals surface area (Å²) in [5.41, 5.74) is 7.08. The van der Waals surface area contributed by atoms with Gasteiger partial charge in [-0.15, -0.1) is 11.3 Å². The number of aryl methyl sites for hydroxylation is 2. The second-order valence-corrected chi connectivity index (χ2v) is 7.29. The Labute approximate surface area is 146 Å². The van der Waals surface area contributed by atoms with Gasteiger partial charge in [0.05, 0.1) is 18.1 Å². The Bertz CT molecular complexity index is 1010. The van der Waals surface area contributed by atoms with E-state index in [1.54, 1.807) is 28.3 Å². The minimum atomic E-state index is 0.747. The predicted molar refractivity (Wildman–Crippen MR) is 99.1 cm³/mol. The molecule has 3 heterocycles. The number of nitrogens with zero attached hydrogens (tertiary/aromatic N) is 5. The van der Waals surface area contributed by atoms with Crippen LogP contribution in [0.2, 0.25) is 0 Å². The number of fused-ring (bicyclic) bond motifs is 1. The van der Waals surface area contributed by atoms with Gasteiger partial charge in [-0.1, -0.05) is 41.2 Å². The van der Waals surface area contributed by atoms with Gasteiger partial charge in [0.25, 0.3) is 0 Å². The summed E-state index contributed by atoms with van der Waals surface area (Å²) in [4.78, 5) is 9.72. The van der Waals surface area contributed by atoms with Gasteiger partial charge in [-0.25, -0.2) is 14.5 Å². The number of benzene rings is 1. The number of hydrogen-bond donors (Lipinski definition) is 1. The lowest BCUT2D eigenvalue weighted by Crippen LogP contribution is -1.95. The van der Waals surface area contributed by atoms with Crippen molar-refractivity contribution in [2.45, 2.75) is 13.8 Å². The standard InChI is InChI=1S/C16H14N6S2/c1-10-3-5-12(6-4-10)14-9-23-15(19-14)20-18-8-13-7-17-16-22(13)21-11(2)24-16/h3-9H,1-2H3,(H,19,20)/b18-8+. The Kier molecular flexibility index (Phi) is 3.83. The quantitative estimate of drug-likeness (QED) is 0.445. The molecular weight excluding hydrogens is 340 g/mol. The number of nitrogens with one attached hydrogen (secondary N) is 1. The minimum Gasteiger partial charge on any atom is -0.253 e. The molecule has 0 fully saturated rings. The predicted octanol–water partition coefficient (Wildman–Crippen LogP) is 3.98. The molecular formula is C16H14N6S2. The maximum absolute atomic E-state index is 4.55. The Morgan fingerprint density at radius 2 is 2.04 bits per heavy atom. The molecule has 0 saturated heterocycles. The number of anilines is 1. The van der Waals surface area contributed by atoms with E-state index in [1.165, 1.54) is 16.9 Å². The van der Waals surface area contributed by atoms with Crippen molar-refractivity contribution in [2.24, 2.45) is 5.10 Å². The fourth-order valence-electron chi connectivity index (χ4n) is 2.23. The molecule has 8 heteroatoms. The molecule has 0 aliphatic rings. The normalized spacial score (nSPS) is 11.6. The van der Waals surface area contributed by atoms with Gasteiger partial charge in [0.15, 0.2) is 0 Å². The van der Waals surface area contributed by atoms with Gasteiger partial charge in [0.2, 0.25) is 10.1 Å². The molecule has 6 nitrogen and oxygen atoms in total. The summed E-state index contributed by atoms with van der Waals surface area (Å²) in [6.07, 6.45) is 3.45. The van der Waals surface area contributed by atoms with Crippen molar-refractivity contribution < 1.29 is 0 Å². The summed E-state index contributed by atoms with van der Waals surface area (Å²) >= 11 is 3.07. The highest BCUT2D eigenvalue weighted by molar-refractivity contribution is 7.16. The Balaban J connectivity index is 1.49. The van der Waals surface area contributed by atoms with Crippen molar-refractivity contribution in [3.63, 3.8) is 0 Å². The van der Waals surface area contributed by atoms with Crippen molar-refractivity contribution in [3.8, 4) is 11.3 Å². The molecule has 0 unspecified atom stereocenters. The molecule has 4 rings (SSSR count). The van der Waals surface area contributed by atoms with E-state index in [-0.39, 0.29) is 0 Å². The SMILES string of the molecule is Cc1ccc(-c2csc(N/N=C/c3cnc4sc(C)nn34)n2)cc1. The summed E-state index contributed by atoms with van der Waals surface area (Å²) in [6, 6.07) is 8.32. The lowest BCUT2D eigenvalue weighted by molar-refractivity contribution is 0.938. The minimum absolute atomic E-state index is 0.747. The second-order valence-electron chi connectivity index (χ2n) is 5.27. The van der Waals surface area contributed by atoms with Crippen molar-refractivity contribution in [1.29, 1.82) is 0 Å². The molecule has 0 aliphatic carbocycles. The van der Waals surface area contributed by atoms with Gasteiger partial charge in [0, 0.05) is 10.9 Å². The van der Waals surface area contributed by atoms with Gasteiger partial charge in [0.1, 0.15) is 10.7 Å². The first kappa shape index (κ1) is 15.0. The van der Waals surface area contributed by atoms with Crippen LogP contribution in [0.1, 0.15) is 16.3 Å². The molecule has 120 valence electrons. The Hall–Kier alpha value is -2.58. The molecule has 0 aliphatic heterocycles. The first-order chi connectivity index (χ1) is 11.7. The van der Waals surface area contributed by atoms with E-state index >= 15 is 0 Å². The van der Waals surface area contributed by atoms with Crippen LogP contribution in [0.3, 0.4) is 0 Å². The average molecular weight is 354 g/mol. The number of hydrazone groups is 1. The monoisotopic (exact) mass is 354 g/mol. The largest absolute Gasteiger partial charge is 0.253 e. The molecule has 3 aromatic heterocycles. The van der Waals surface area contributed by atoms with Crippen molar-refractivity contribution in [3.05, 3.63) is 52.1 Å². The van der Waals surface area contributed by atoms with Gasteiger partial charge in [-0.05, 0) is 13.8 Å². The highest BCUT2D eigenvalue weighted by Gasteiger charge is 2.06. The Morgan fingerprint density at radius 3 is 2.88 bits per heavy atom. The zero-order chi connectivity index (χ0) is 16.5. The summed E-state index contributed by atoms with van der Waals surface area (Å²) in [6.45, 7) is 4.03. The number of aromatic nitrogens is 4. The van der Waals surface area contributed by atoms with Crippen LogP contribution < -0.4 is 5.43 Å². The van der Waals surface area contributed by atoms with Gasteiger partial charge < -0.3 is 0 Å². The molecule has 24 heavy (non-hydrogen) atoms. The van der Waals surface area contributed by atoms with Crippen molar-refractivity contribution in [2.75, 3.05) is 5.43 Å². The van der Waals surface area contributed by atoms with Crippen LogP contribution in [-0.2, 0) is 0 Å². The maximum Gasteiger partial charge on any atom is 0.212 e. The fraction of sp³-hybridized carbons (Fsp3) is 0.125.